The number of piperidine rings is 1. The number of nitrogens with zero attached hydrogens (tertiary/aromatic N) is 1. The van der Waals surface area contributed by atoms with Crippen molar-refractivity contribution >= 4 is 5.91 Å². The Balaban J connectivity index is 2.27. The van der Waals surface area contributed by atoms with Gasteiger partial charge in [0.1, 0.15) is 0 Å². The Bertz CT molecular complexity index is 233. The van der Waals surface area contributed by atoms with E-state index in [-0.39, 0.29) is 5.91 Å². The first-order chi connectivity index (χ1) is 8.19. The Morgan fingerprint density at radius 3 is 2.94 bits per heavy atom. The fraction of sp³-hybridized carbons (Fsp3) is 0.923. The van der Waals surface area contributed by atoms with Crippen molar-refractivity contribution in [3.8, 4) is 0 Å². The molecule has 0 aromatic rings. The lowest BCUT2D eigenvalue weighted by atomic mass is 9.87. The van der Waals surface area contributed by atoms with Crippen LogP contribution in [0, 0.1) is 11.8 Å². The molecule has 0 bridgehead atoms. The van der Waals surface area contributed by atoms with E-state index >= 15 is 0 Å². The summed E-state index contributed by atoms with van der Waals surface area (Å²) in [5.41, 5.74) is 5.74. The molecular formula is C13H26N2O2. The zero-order valence-corrected chi connectivity index (χ0v) is 11.2. The number of hydrogen-bond donors (Lipinski definition) is 1. The second-order valence-corrected chi connectivity index (χ2v) is 4.90. The van der Waals surface area contributed by atoms with Crippen LogP contribution in [-0.4, -0.2) is 43.7 Å². The van der Waals surface area contributed by atoms with Gasteiger partial charge in [-0.3, -0.25) is 4.79 Å². The molecule has 0 aliphatic carbocycles. The molecule has 1 aliphatic heterocycles. The molecule has 1 aliphatic rings. The van der Waals surface area contributed by atoms with Crippen LogP contribution in [0.5, 0.6) is 0 Å². The van der Waals surface area contributed by atoms with E-state index in [0.717, 1.165) is 32.5 Å². The SMILES string of the molecule is CCOCCCC(=O)N1CCC(C)C(CN)C1. The van der Waals surface area contributed by atoms with E-state index in [1.54, 1.807) is 0 Å². The van der Waals surface area contributed by atoms with Gasteiger partial charge in [-0.1, -0.05) is 6.92 Å². The van der Waals surface area contributed by atoms with Gasteiger partial charge in [0.25, 0.3) is 0 Å². The van der Waals surface area contributed by atoms with Gasteiger partial charge in [-0.2, -0.15) is 0 Å². The highest BCUT2D eigenvalue weighted by molar-refractivity contribution is 5.76. The van der Waals surface area contributed by atoms with Gasteiger partial charge in [-0.15, -0.1) is 0 Å². The molecule has 1 fully saturated rings. The number of rotatable bonds is 6. The van der Waals surface area contributed by atoms with Crippen molar-refractivity contribution < 1.29 is 9.53 Å². The van der Waals surface area contributed by atoms with Crippen LogP contribution in [0.1, 0.15) is 33.1 Å². The van der Waals surface area contributed by atoms with Gasteiger partial charge in [0.2, 0.25) is 5.91 Å². The largest absolute Gasteiger partial charge is 0.382 e. The molecule has 1 rings (SSSR count). The molecule has 2 atom stereocenters. The van der Waals surface area contributed by atoms with E-state index in [9.17, 15) is 4.79 Å². The van der Waals surface area contributed by atoms with E-state index < -0.39 is 0 Å². The number of carbonyl (C=O) groups is 1. The lowest BCUT2D eigenvalue weighted by Gasteiger charge is -2.36. The van der Waals surface area contributed by atoms with Crippen molar-refractivity contribution in [2.45, 2.75) is 33.1 Å². The van der Waals surface area contributed by atoms with E-state index in [0.29, 0.717) is 31.4 Å². The number of likely N-dealkylation sites (tertiary alicyclic amines) is 1. The van der Waals surface area contributed by atoms with E-state index in [1.807, 2.05) is 11.8 Å². The molecule has 0 saturated carbocycles. The zero-order valence-electron chi connectivity index (χ0n) is 11.2. The summed E-state index contributed by atoms with van der Waals surface area (Å²) in [6, 6.07) is 0. The summed E-state index contributed by atoms with van der Waals surface area (Å²) in [5.74, 6) is 1.38. The molecule has 4 nitrogen and oxygen atoms in total. The highest BCUT2D eigenvalue weighted by atomic mass is 16.5. The normalized spacial score (nSPS) is 25.0. The third kappa shape index (κ3) is 4.64. The summed E-state index contributed by atoms with van der Waals surface area (Å²) < 4.78 is 5.24. The van der Waals surface area contributed by atoms with Crippen LogP contribution < -0.4 is 5.73 Å². The average molecular weight is 242 g/mol. The van der Waals surface area contributed by atoms with Crippen LogP contribution in [0.15, 0.2) is 0 Å². The predicted molar refractivity (Wildman–Crippen MR) is 68.6 cm³/mol. The van der Waals surface area contributed by atoms with Crippen molar-refractivity contribution in [3.63, 3.8) is 0 Å². The Morgan fingerprint density at radius 1 is 1.53 bits per heavy atom. The van der Waals surface area contributed by atoms with Gasteiger partial charge in [0, 0.05) is 32.7 Å². The second-order valence-electron chi connectivity index (χ2n) is 4.90. The topological polar surface area (TPSA) is 55.6 Å². The fourth-order valence-electron chi connectivity index (χ4n) is 2.31. The number of amides is 1. The minimum atomic E-state index is 0.259. The maximum Gasteiger partial charge on any atom is 0.222 e. The van der Waals surface area contributed by atoms with Crippen LogP contribution in [0.2, 0.25) is 0 Å². The van der Waals surface area contributed by atoms with Crippen molar-refractivity contribution in [1.29, 1.82) is 0 Å². The summed E-state index contributed by atoms with van der Waals surface area (Å²) in [4.78, 5) is 13.9. The van der Waals surface area contributed by atoms with Gasteiger partial charge < -0.3 is 15.4 Å². The summed E-state index contributed by atoms with van der Waals surface area (Å²) >= 11 is 0. The van der Waals surface area contributed by atoms with Crippen molar-refractivity contribution in [1.82, 2.24) is 4.90 Å². The molecule has 1 heterocycles. The summed E-state index contributed by atoms with van der Waals surface area (Å²) in [6.45, 7) is 8.03. The fourth-order valence-corrected chi connectivity index (χ4v) is 2.31. The third-order valence-electron chi connectivity index (χ3n) is 3.65. The first-order valence-corrected chi connectivity index (χ1v) is 6.74. The molecule has 2 unspecified atom stereocenters. The monoisotopic (exact) mass is 242 g/mol. The average Bonchev–Trinajstić information content (AvgIpc) is 2.35. The number of nitrogens with two attached hydrogens (primary N) is 1. The molecule has 0 spiro atoms. The van der Waals surface area contributed by atoms with Crippen LogP contribution in [-0.2, 0) is 9.53 Å². The predicted octanol–water partition coefficient (Wildman–Crippen LogP) is 1.25. The molecule has 1 saturated heterocycles. The first-order valence-electron chi connectivity index (χ1n) is 6.74. The van der Waals surface area contributed by atoms with Crippen LogP contribution in [0.3, 0.4) is 0 Å². The standard InChI is InChI=1S/C13H26N2O2/c1-3-17-8-4-5-13(16)15-7-6-11(2)12(9-14)10-15/h11-12H,3-10,14H2,1-2H3. The number of ether oxygens (including phenoxy) is 1. The maximum atomic E-state index is 12.0. The zero-order chi connectivity index (χ0) is 12.7. The highest BCUT2D eigenvalue weighted by Gasteiger charge is 2.27. The van der Waals surface area contributed by atoms with Gasteiger partial charge in [0.05, 0.1) is 0 Å². The second kappa shape index (κ2) is 7.67. The van der Waals surface area contributed by atoms with E-state index in [1.165, 1.54) is 0 Å². The van der Waals surface area contributed by atoms with Gasteiger partial charge in [-0.05, 0) is 38.1 Å². The number of hydrogen-bond acceptors (Lipinski definition) is 3. The van der Waals surface area contributed by atoms with Crippen molar-refractivity contribution in [2.24, 2.45) is 17.6 Å². The van der Waals surface area contributed by atoms with Crippen LogP contribution in [0.25, 0.3) is 0 Å². The Hall–Kier alpha value is -0.610. The smallest absolute Gasteiger partial charge is 0.222 e. The maximum absolute atomic E-state index is 12.0. The third-order valence-corrected chi connectivity index (χ3v) is 3.65. The Kier molecular flexibility index (Phi) is 6.52. The summed E-state index contributed by atoms with van der Waals surface area (Å²) in [6.07, 6.45) is 2.51. The van der Waals surface area contributed by atoms with Gasteiger partial charge in [-0.25, -0.2) is 0 Å². The lowest BCUT2D eigenvalue weighted by Crippen LogP contribution is -2.45. The minimum Gasteiger partial charge on any atom is -0.382 e. The van der Waals surface area contributed by atoms with Crippen molar-refractivity contribution in [2.75, 3.05) is 32.8 Å². The summed E-state index contributed by atoms with van der Waals surface area (Å²) in [5, 5.41) is 0. The minimum absolute atomic E-state index is 0.259. The van der Waals surface area contributed by atoms with Crippen molar-refractivity contribution in [3.05, 3.63) is 0 Å². The van der Waals surface area contributed by atoms with Gasteiger partial charge >= 0.3 is 0 Å². The molecule has 1 amide bonds. The van der Waals surface area contributed by atoms with E-state index in [4.69, 9.17) is 10.5 Å². The Labute approximate surface area is 104 Å². The van der Waals surface area contributed by atoms with E-state index in [2.05, 4.69) is 6.92 Å². The first kappa shape index (κ1) is 14.5. The molecule has 4 heteroatoms. The molecule has 0 aromatic carbocycles. The summed E-state index contributed by atoms with van der Waals surface area (Å²) in [7, 11) is 0. The molecule has 0 aromatic heterocycles. The number of carbonyl (C=O) groups excluding carboxylic acids is 1. The van der Waals surface area contributed by atoms with Gasteiger partial charge in [0.15, 0.2) is 0 Å². The molecular weight excluding hydrogens is 216 g/mol. The highest BCUT2D eigenvalue weighted by Crippen LogP contribution is 2.22. The molecule has 17 heavy (non-hydrogen) atoms. The van der Waals surface area contributed by atoms with Crippen LogP contribution >= 0.6 is 0 Å². The van der Waals surface area contributed by atoms with Crippen LogP contribution in [0.4, 0.5) is 0 Å². The molecule has 2 N–H and O–H groups in total. The lowest BCUT2D eigenvalue weighted by molar-refractivity contribution is -0.134. The molecule has 100 valence electrons. The Morgan fingerprint density at radius 2 is 2.29 bits per heavy atom. The molecule has 0 radical (unpaired) electrons. The quantitative estimate of drug-likeness (QED) is 0.713.